The highest BCUT2D eigenvalue weighted by Gasteiger charge is 2.34. The average molecular weight is 709 g/mol. The number of amides is 3. The van der Waals surface area contributed by atoms with Gasteiger partial charge in [-0.15, -0.1) is 11.3 Å². The van der Waals surface area contributed by atoms with E-state index in [9.17, 15) is 24.0 Å². The van der Waals surface area contributed by atoms with E-state index in [2.05, 4.69) is 25.6 Å². The molecule has 3 amide bonds. The SMILES string of the molecule is CCC[C@H](NC(=O)c1cnccn1)C(=O)N(C)[C@H](C[C@@H](OC(C)=O)c1nc(C(=O)N[C@@H](Cc2ccccc2)C[C@H](C)C(=O)OC)cs1)C(C)C. The quantitative estimate of drug-likeness (QED) is 0.179. The molecule has 1 aromatic carbocycles. The van der Waals surface area contributed by atoms with Crippen molar-refractivity contribution in [2.24, 2.45) is 11.8 Å². The van der Waals surface area contributed by atoms with Crippen molar-refractivity contribution in [2.75, 3.05) is 14.2 Å². The van der Waals surface area contributed by atoms with Crippen molar-refractivity contribution in [3.8, 4) is 0 Å². The van der Waals surface area contributed by atoms with Crippen molar-refractivity contribution in [3.63, 3.8) is 0 Å². The molecule has 0 fully saturated rings. The number of esters is 2. The van der Waals surface area contributed by atoms with Crippen LogP contribution in [0.2, 0.25) is 0 Å². The van der Waals surface area contributed by atoms with Gasteiger partial charge in [0.2, 0.25) is 5.91 Å². The minimum Gasteiger partial charge on any atom is -0.469 e. The summed E-state index contributed by atoms with van der Waals surface area (Å²) in [4.78, 5) is 78.7. The number of carbonyl (C=O) groups is 5. The molecular formula is C36H48N6O7S. The third-order valence-electron chi connectivity index (χ3n) is 8.29. The molecule has 5 atom stereocenters. The maximum Gasteiger partial charge on any atom is 0.308 e. The zero-order chi connectivity index (χ0) is 36.8. The number of rotatable bonds is 18. The van der Waals surface area contributed by atoms with E-state index in [1.807, 2.05) is 51.1 Å². The van der Waals surface area contributed by atoms with Crippen LogP contribution < -0.4 is 10.6 Å². The van der Waals surface area contributed by atoms with Crippen molar-refractivity contribution >= 4 is 41.0 Å². The molecule has 14 heteroatoms. The van der Waals surface area contributed by atoms with Crippen LogP contribution >= 0.6 is 11.3 Å². The maximum atomic E-state index is 13.8. The van der Waals surface area contributed by atoms with E-state index in [4.69, 9.17) is 9.47 Å². The number of hydrogen-bond donors (Lipinski definition) is 2. The molecule has 13 nitrogen and oxygen atoms in total. The van der Waals surface area contributed by atoms with E-state index in [0.717, 1.165) is 5.56 Å². The van der Waals surface area contributed by atoms with Crippen molar-refractivity contribution in [1.82, 2.24) is 30.5 Å². The Morgan fingerprint density at radius 2 is 1.66 bits per heavy atom. The van der Waals surface area contributed by atoms with Crippen molar-refractivity contribution in [2.45, 2.75) is 91.0 Å². The number of thiazole rings is 1. The van der Waals surface area contributed by atoms with Crippen LogP contribution in [-0.2, 0) is 30.3 Å². The van der Waals surface area contributed by atoms with Crippen LogP contribution in [0.1, 0.15) is 98.0 Å². The van der Waals surface area contributed by atoms with Crippen LogP contribution in [0.3, 0.4) is 0 Å². The second-order valence-electron chi connectivity index (χ2n) is 12.6. The van der Waals surface area contributed by atoms with Crippen molar-refractivity contribution in [1.29, 1.82) is 0 Å². The largest absolute Gasteiger partial charge is 0.469 e. The van der Waals surface area contributed by atoms with Gasteiger partial charge in [-0.05, 0) is 30.7 Å². The zero-order valence-corrected chi connectivity index (χ0v) is 30.6. The molecule has 0 aliphatic rings. The van der Waals surface area contributed by atoms with Gasteiger partial charge < -0.3 is 25.0 Å². The first-order valence-corrected chi connectivity index (χ1v) is 17.6. The highest BCUT2D eigenvalue weighted by Crippen LogP contribution is 2.31. The Balaban J connectivity index is 1.80. The van der Waals surface area contributed by atoms with E-state index in [-0.39, 0.29) is 41.6 Å². The molecule has 0 spiro atoms. The van der Waals surface area contributed by atoms with Crippen LogP contribution in [-0.4, -0.2) is 81.8 Å². The van der Waals surface area contributed by atoms with Gasteiger partial charge in [0.1, 0.15) is 22.4 Å². The lowest BCUT2D eigenvalue weighted by Crippen LogP contribution is -2.52. The molecular weight excluding hydrogens is 660 g/mol. The van der Waals surface area contributed by atoms with Gasteiger partial charge >= 0.3 is 11.9 Å². The lowest BCUT2D eigenvalue weighted by molar-refractivity contribution is -0.149. The molecule has 3 aromatic rings. The zero-order valence-electron chi connectivity index (χ0n) is 29.8. The highest BCUT2D eigenvalue weighted by atomic mass is 32.1. The number of nitrogens with one attached hydrogen (secondary N) is 2. The number of aromatic nitrogens is 3. The fraction of sp³-hybridized carbons (Fsp3) is 0.500. The molecule has 0 radical (unpaired) electrons. The molecule has 0 unspecified atom stereocenters. The Hall–Kier alpha value is -4.72. The summed E-state index contributed by atoms with van der Waals surface area (Å²) >= 11 is 1.18. The van der Waals surface area contributed by atoms with Gasteiger partial charge in [0.15, 0.2) is 6.10 Å². The smallest absolute Gasteiger partial charge is 0.308 e. The molecule has 3 rings (SSSR count). The fourth-order valence-corrected chi connectivity index (χ4v) is 6.55. The summed E-state index contributed by atoms with van der Waals surface area (Å²) < 4.78 is 10.6. The first-order valence-electron chi connectivity index (χ1n) is 16.7. The van der Waals surface area contributed by atoms with Crippen LogP contribution in [0.15, 0.2) is 54.3 Å². The maximum absolute atomic E-state index is 13.8. The molecule has 0 aliphatic heterocycles. The molecule has 0 bridgehead atoms. The van der Waals surface area contributed by atoms with Crippen LogP contribution in [0.25, 0.3) is 0 Å². The minimum absolute atomic E-state index is 0.0711. The second kappa shape index (κ2) is 19.5. The summed E-state index contributed by atoms with van der Waals surface area (Å²) in [7, 11) is 3.00. The Morgan fingerprint density at radius 1 is 0.960 bits per heavy atom. The van der Waals surface area contributed by atoms with Gasteiger partial charge in [-0.2, -0.15) is 0 Å². The van der Waals surface area contributed by atoms with E-state index in [1.54, 1.807) is 24.3 Å². The summed E-state index contributed by atoms with van der Waals surface area (Å²) in [5.41, 5.74) is 1.25. The van der Waals surface area contributed by atoms with Gasteiger partial charge in [0, 0.05) is 50.2 Å². The number of likely N-dealkylation sites (N-methyl/N-ethyl adjacent to an activating group) is 1. The number of benzene rings is 1. The minimum atomic E-state index is -0.847. The predicted octanol–water partition coefficient (Wildman–Crippen LogP) is 4.55. The van der Waals surface area contributed by atoms with Gasteiger partial charge in [-0.1, -0.05) is 64.4 Å². The Bertz CT molecular complexity index is 1570. The molecule has 50 heavy (non-hydrogen) atoms. The predicted molar refractivity (Wildman–Crippen MR) is 188 cm³/mol. The van der Waals surface area contributed by atoms with Gasteiger partial charge in [0.05, 0.1) is 19.2 Å². The second-order valence-corrected chi connectivity index (χ2v) is 13.5. The molecule has 270 valence electrons. The van der Waals surface area contributed by atoms with Crippen molar-refractivity contribution in [3.05, 3.63) is 76.3 Å². The lowest BCUT2D eigenvalue weighted by Gasteiger charge is -2.35. The number of hydrogen-bond acceptors (Lipinski definition) is 11. The normalized spacial score (nSPS) is 14.1. The summed E-state index contributed by atoms with van der Waals surface area (Å²) in [6.45, 7) is 8.88. The number of methoxy groups -OCH3 is 1. The number of ether oxygens (including phenoxy) is 2. The van der Waals surface area contributed by atoms with E-state index < -0.39 is 41.9 Å². The molecule has 2 aromatic heterocycles. The molecule has 0 aliphatic carbocycles. The summed E-state index contributed by atoms with van der Waals surface area (Å²) in [5.74, 6) is -2.65. The number of nitrogens with zero attached hydrogens (tertiary/aromatic N) is 4. The van der Waals surface area contributed by atoms with Crippen molar-refractivity contribution < 1.29 is 33.4 Å². The summed E-state index contributed by atoms with van der Waals surface area (Å²) in [5, 5.41) is 7.82. The van der Waals surface area contributed by atoms with Crippen LogP contribution in [0.5, 0.6) is 0 Å². The first-order chi connectivity index (χ1) is 23.8. The van der Waals surface area contributed by atoms with E-state index in [1.165, 1.54) is 44.0 Å². The number of carbonyl (C=O) groups excluding carboxylic acids is 5. The highest BCUT2D eigenvalue weighted by molar-refractivity contribution is 7.09. The van der Waals surface area contributed by atoms with Gasteiger partial charge in [-0.25, -0.2) is 9.97 Å². The topological polar surface area (TPSA) is 170 Å². The summed E-state index contributed by atoms with van der Waals surface area (Å²) in [6.07, 6.45) is 5.46. The van der Waals surface area contributed by atoms with E-state index >= 15 is 0 Å². The molecule has 0 saturated carbocycles. The van der Waals surface area contributed by atoms with Gasteiger partial charge in [0.25, 0.3) is 11.8 Å². The molecule has 2 heterocycles. The first kappa shape index (κ1) is 39.7. The Labute approximate surface area is 297 Å². The Kier molecular flexibility index (Phi) is 15.5. The Morgan fingerprint density at radius 3 is 2.26 bits per heavy atom. The van der Waals surface area contributed by atoms with E-state index in [0.29, 0.717) is 30.7 Å². The average Bonchev–Trinajstić information content (AvgIpc) is 3.60. The molecule has 0 saturated heterocycles. The standard InChI is InChI=1S/C36H48N6O7S/c1-8-12-27(40-32(44)28-20-37-15-16-38-28)35(46)42(6)30(22(2)3)19-31(49-24(5)43)34-41-29(21-50-34)33(45)39-26(17-23(4)36(47)48-7)18-25-13-10-9-11-14-25/h9-11,13-16,20-23,26-27,30-31H,8,12,17-19H2,1-7H3,(H,39,45)(H,40,44)/t23-,26+,27-,30+,31+/m0/s1. The van der Waals surface area contributed by atoms with Crippen LogP contribution in [0, 0.1) is 11.8 Å². The summed E-state index contributed by atoms with van der Waals surface area (Å²) in [6, 6.07) is 8.02. The monoisotopic (exact) mass is 708 g/mol. The van der Waals surface area contributed by atoms with Gasteiger partial charge in [-0.3, -0.25) is 29.0 Å². The molecule has 2 N–H and O–H groups in total. The van der Waals surface area contributed by atoms with Crippen LogP contribution in [0.4, 0.5) is 0 Å². The third-order valence-corrected chi connectivity index (χ3v) is 9.22. The lowest BCUT2D eigenvalue weighted by atomic mass is 9.95. The third kappa shape index (κ3) is 11.7. The fourth-order valence-electron chi connectivity index (χ4n) is 5.72.